The summed E-state index contributed by atoms with van der Waals surface area (Å²) in [5.41, 5.74) is 1.03. The van der Waals surface area contributed by atoms with Gasteiger partial charge in [0.25, 0.3) is 5.56 Å². The molecular weight excluding hydrogens is 412 g/mol. The molecule has 1 aromatic carbocycles. The quantitative estimate of drug-likeness (QED) is 0.560. The number of nitrogens with zero attached hydrogens (tertiary/aromatic N) is 4. The molecule has 1 fully saturated rings. The fraction of sp³-hybridized carbons (Fsp3) is 0.435. The van der Waals surface area contributed by atoms with Crippen LogP contribution in [-0.2, 0) is 24.9 Å². The summed E-state index contributed by atoms with van der Waals surface area (Å²) in [5.74, 6) is 1.89. The molecule has 0 N–H and O–H groups in total. The summed E-state index contributed by atoms with van der Waals surface area (Å²) >= 11 is 0. The molecule has 0 radical (unpaired) electrons. The summed E-state index contributed by atoms with van der Waals surface area (Å²) in [6.45, 7) is 5.68. The first-order valence-electron chi connectivity index (χ1n) is 10.8. The molecule has 3 heterocycles. The van der Waals surface area contributed by atoms with Crippen LogP contribution in [0.2, 0.25) is 0 Å². The molecule has 0 saturated carbocycles. The van der Waals surface area contributed by atoms with E-state index in [1.165, 1.54) is 9.13 Å². The lowest BCUT2D eigenvalue weighted by Crippen LogP contribution is -2.39. The average Bonchev–Trinajstić information content (AvgIpc) is 3.41. The van der Waals surface area contributed by atoms with E-state index in [4.69, 9.17) is 14.2 Å². The third kappa shape index (κ3) is 3.84. The number of aryl methyl sites for hydroxylation is 2. The number of benzene rings is 1. The van der Waals surface area contributed by atoms with Gasteiger partial charge in [-0.25, -0.2) is 9.78 Å². The molecule has 9 heteroatoms. The van der Waals surface area contributed by atoms with Crippen LogP contribution in [-0.4, -0.2) is 45.1 Å². The molecule has 4 rings (SSSR count). The van der Waals surface area contributed by atoms with Crippen molar-refractivity contribution < 1.29 is 14.2 Å². The number of hydrogen-bond acceptors (Lipinski definition) is 6. The number of aromatic nitrogens is 4. The van der Waals surface area contributed by atoms with Gasteiger partial charge in [0.15, 0.2) is 22.7 Å². The number of hydrogen-bond donors (Lipinski definition) is 0. The summed E-state index contributed by atoms with van der Waals surface area (Å²) in [7, 11) is 3.39. The van der Waals surface area contributed by atoms with E-state index >= 15 is 0 Å². The van der Waals surface area contributed by atoms with Crippen molar-refractivity contribution in [1.82, 2.24) is 18.7 Å². The summed E-state index contributed by atoms with van der Waals surface area (Å²) in [4.78, 5) is 30.0. The predicted octanol–water partition coefficient (Wildman–Crippen LogP) is 2.28. The zero-order chi connectivity index (χ0) is 22.8. The summed E-state index contributed by atoms with van der Waals surface area (Å²) < 4.78 is 21.3. The summed E-state index contributed by atoms with van der Waals surface area (Å²) in [6, 6.07) is 5.69. The van der Waals surface area contributed by atoms with Gasteiger partial charge in [-0.1, -0.05) is 12.1 Å². The van der Waals surface area contributed by atoms with Crippen molar-refractivity contribution in [3.05, 3.63) is 50.4 Å². The maximum atomic E-state index is 12.8. The first-order valence-corrected chi connectivity index (χ1v) is 10.8. The van der Waals surface area contributed by atoms with Gasteiger partial charge in [-0.05, 0) is 37.6 Å². The number of fused-ring (bicyclic) bond motifs is 1. The molecular formula is C23H28N4O5. The van der Waals surface area contributed by atoms with Crippen LogP contribution in [0.4, 0.5) is 0 Å². The number of imidazole rings is 1. The molecule has 170 valence electrons. The summed E-state index contributed by atoms with van der Waals surface area (Å²) in [5, 5.41) is 0. The van der Waals surface area contributed by atoms with Gasteiger partial charge in [0.1, 0.15) is 11.9 Å². The lowest BCUT2D eigenvalue weighted by atomic mass is 10.2. The van der Waals surface area contributed by atoms with Crippen LogP contribution in [0.25, 0.3) is 23.3 Å². The summed E-state index contributed by atoms with van der Waals surface area (Å²) in [6.07, 6.45) is 4.60. The number of methoxy groups -OCH3 is 1. The maximum Gasteiger partial charge on any atom is 0.332 e. The highest BCUT2D eigenvalue weighted by Crippen LogP contribution is 2.31. The third-order valence-electron chi connectivity index (χ3n) is 5.70. The monoisotopic (exact) mass is 440 g/mol. The molecule has 0 aliphatic carbocycles. The van der Waals surface area contributed by atoms with Crippen molar-refractivity contribution in [2.45, 2.75) is 39.5 Å². The van der Waals surface area contributed by atoms with E-state index < -0.39 is 0 Å². The SMILES string of the molecule is CCn1c(=O)c2c(nc(/C=C/c3ccc(O[C@@H]4CCOC4)c(OC)c3)n2C)n(CC)c1=O. The predicted molar refractivity (Wildman–Crippen MR) is 122 cm³/mol. The largest absolute Gasteiger partial charge is 0.493 e. The van der Waals surface area contributed by atoms with Crippen LogP contribution >= 0.6 is 0 Å². The lowest BCUT2D eigenvalue weighted by molar-refractivity contribution is 0.138. The van der Waals surface area contributed by atoms with Crippen molar-refractivity contribution in [1.29, 1.82) is 0 Å². The van der Waals surface area contributed by atoms with Gasteiger partial charge < -0.3 is 18.8 Å². The normalized spacial score (nSPS) is 16.3. The van der Waals surface area contributed by atoms with E-state index in [2.05, 4.69) is 4.98 Å². The van der Waals surface area contributed by atoms with Gasteiger partial charge in [0.2, 0.25) is 0 Å². The minimum Gasteiger partial charge on any atom is -0.493 e. The van der Waals surface area contributed by atoms with Crippen LogP contribution in [0.3, 0.4) is 0 Å². The third-order valence-corrected chi connectivity index (χ3v) is 5.70. The molecule has 32 heavy (non-hydrogen) atoms. The van der Waals surface area contributed by atoms with Gasteiger partial charge in [0.05, 0.1) is 20.3 Å². The molecule has 0 amide bonds. The van der Waals surface area contributed by atoms with Crippen molar-refractivity contribution in [3.63, 3.8) is 0 Å². The fourth-order valence-electron chi connectivity index (χ4n) is 3.93. The average molecular weight is 441 g/mol. The minimum absolute atomic E-state index is 0.0358. The molecule has 0 spiro atoms. The molecule has 0 unspecified atom stereocenters. The van der Waals surface area contributed by atoms with Gasteiger partial charge >= 0.3 is 5.69 Å². The highest BCUT2D eigenvalue weighted by Gasteiger charge is 2.20. The first kappa shape index (κ1) is 21.9. The van der Waals surface area contributed by atoms with Gasteiger partial charge in [-0.2, -0.15) is 0 Å². The second-order valence-corrected chi connectivity index (χ2v) is 7.62. The topological polar surface area (TPSA) is 89.5 Å². The molecule has 2 aromatic heterocycles. The van der Waals surface area contributed by atoms with E-state index in [9.17, 15) is 9.59 Å². The maximum absolute atomic E-state index is 12.8. The fourth-order valence-corrected chi connectivity index (χ4v) is 3.93. The highest BCUT2D eigenvalue weighted by molar-refractivity contribution is 5.77. The Hall–Kier alpha value is -3.33. The minimum atomic E-state index is -0.339. The Kier molecular flexibility index (Phi) is 6.18. The molecule has 0 bridgehead atoms. The Balaban J connectivity index is 1.69. The van der Waals surface area contributed by atoms with E-state index in [0.717, 1.165) is 12.0 Å². The van der Waals surface area contributed by atoms with E-state index in [0.29, 0.717) is 54.8 Å². The zero-order valence-electron chi connectivity index (χ0n) is 18.8. The molecule has 1 atom stereocenters. The van der Waals surface area contributed by atoms with Crippen molar-refractivity contribution in [2.24, 2.45) is 7.05 Å². The second kappa shape index (κ2) is 9.04. The second-order valence-electron chi connectivity index (χ2n) is 7.62. The van der Waals surface area contributed by atoms with E-state index in [1.54, 1.807) is 25.6 Å². The van der Waals surface area contributed by atoms with Crippen LogP contribution in [0.1, 0.15) is 31.7 Å². The van der Waals surface area contributed by atoms with Crippen LogP contribution in [0, 0.1) is 0 Å². The highest BCUT2D eigenvalue weighted by atomic mass is 16.6. The molecule has 9 nitrogen and oxygen atoms in total. The Morgan fingerprint density at radius 2 is 1.94 bits per heavy atom. The molecule has 1 aliphatic rings. The van der Waals surface area contributed by atoms with Crippen LogP contribution in [0.5, 0.6) is 11.5 Å². The molecule has 1 saturated heterocycles. The molecule has 3 aromatic rings. The van der Waals surface area contributed by atoms with Crippen molar-refractivity contribution in [3.8, 4) is 11.5 Å². The molecule has 1 aliphatic heterocycles. The van der Waals surface area contributed by atoms with Crippen LogP contribution < -0.4 is 20.7 Å². The van der Waals surface area contributed by atoms with Gasteiger partial charge in [0, 0.05) is 26.6 Å². The standard InChI is InChI=1S/C23H28N4O5/c1-5-26-21-20(22(28)27(6-2)23(26)29)25(3)19(24-21)10-8-15-7-9-17(18(13-15)30-4)32-16-11-12-31-14-16/h7-10,13,16H,5-6,11-12,14H2,1-4H3/b10-8+/t16-/m1/s1. The Morgan fingerprint density at radius 1 is 1.16 bits per heavy atom. The lowest BCUT2D eigenvalue weighted by Gasteiger charge is -2.15. The zero-order valence-corrected chi connectivity index (χ0v) is 18.8. The van der Waals surface area contributed by atoms with Crippen molar-refractivity contribution >= 4 is 23.3 Å². The Bertz CT molecular complexity index is 1280. The Labute approximate surface area is 185 Å². The van der Waals surface area contributed by atoms with Crippen molar-refractivity contribution in [2.75, 3.05) is 20.3 Å². The van der Waals surface area contributed by atoms with Crippen LogP contribution in [0.15, 0.2) is 27.8 Å². The van der Waals surface area contributed by atoms with E-state index in [1.807, 2.05) is 37.3 Å². The van der Waals surface area contributed by atoms with E-state index in [-0.39, 0.29) is 17.4 Å². The first-order chi connectivity index (χ1) is 15.5. The van der Waals surface area contributed by atoms with Gasteiger partial charge in [-0.15, -0.1) is 0 Å². The Morgan fingerprint density at radius 3 is 2.59 bits per heavy atom. The number of ether oxygens (including phenoxy) is 3. The van der Waals surface area contributed by atoms with Gasteiger partial charge in [-0.3, -0.25) is 13.9 Å². The number of rotatable bonds is 7. The smallest absolute Gasteiger partial charge is 0.332 e.